The number of hydrogen-bond acceptors (Lipinski definition) is 3. The highest BCUT2D eigenvalue weighted by Crippen LogP contribution is 2.28. The van der Waals surface area contributed by atoms with E-state index in [-0.39, 0.29) is 11.7 Å². The molecule has 16 heavy (non-hydrogen) atoms. The number of aromatic hydroxyl groups is 1. The second-order valence-electron chi connectivity index (χ2n) is 4.75. The molecule has 4 N–H and O–H groups in total. The maximum Gasteiger partial charge on any atom is 0.116 e. The molecular weight excluding hydrogens is 202 g/mol. The van der Waals surface area contributed by atoms with E-state index in [2.05, 4.69) is 0 Å². The van der Waals surface area contributed by atoms with Gasteiger partial charge in [0.25, 0.3) is 0 Å². The zero-order valence-corrected chi connectivity index (χ0v) is 10.4. The Bertz CT molecular complexity index is 351. The van der Waals surface area contributed by atoms with E-state index in [0.717, 1.165) is 16.7 Å². The van der Waals surface area contributed by atoms with Crippen molar-refractivity contribution >= 4 is 0 Å². The van der Waals surface area contributed by atoms with Crippen molar-refractivity contribution in [1.82, 2.24) is 0 Å². The number of benzene rings is 1. The van der Waals surface area contributed by atoms with Crippen LogP contribution in [0, 0.1) is 19.8 Å². The van der Waals surface area contributed by atoms with Gasteiger partial charge in [-0.1, -0.05) is 13.8 Å². The van der Waals surface area contributed by atoms with Crippen molar-refractivity contribution in [2.24, 2.45) is 11.7 Å². The first-order valence-corrected chi connectivity index (χ1v) is 5.58. The van der Waals surface area contributed by atoms with Gasteiger partial charge in [0.15, 0.2) is 0 Å². The first-order valence-electron chi connectivity index (χ1n) is 5.58. The normalized spacial score (nSPS) is 15.2. The van der Waals surface area contributed by atoms with Crippen LogP contribution < -0.4 is 5.73 Å². The van der Waals surface area contributed by atoms with Gasteiger partial charge in [-0.05, 0) is 48.6 Å². The molecule has 0 bridgehead atoms. The van der Waals surface area contributed by atoms with Gasteiger partial charge in [0.2, 0.25) is 0 Å². The molecule has 0 unspecified atom stereocenters. The largest absolute Gasteiger partial charge is 0.508 e. The molecule has 0 radical (unpaired) electrons. The average Bonchev–Trinajstić information content (AvgIpc) is 2.14. The highest BCUT2D eigenvalue weighted by atomic mass is 16.3. The Hall–Kier alpha value is -1.06. The van der Waals surface area contributed by atoms with Crippen LogP contribution in [0.25, 0.3) is 0 Å². The predicted molar refractivity (Wildman–Crippen MR) is 65.4 cm³/mol. The summed E-state index contributed by atoms with van der Waals surface area (Å²) in [6, 6.07) is 2.95. The summed E-state index contributed by atoms with van der Waals surface area (Å²) in [7, 11) is 0. The Morgan fingerprint density at radius 2 is 1.56 bits per heavy atom. The molecule has 0 aliphatic carbocycles. The fourth-order valence-electron chi connectivity index (χ4n) is 2.06. The molecule has 0 aliphatic rings. The van der Waals surface area contributed by atoms with Crippen LogP contribution in [0.3, 0.4) is 0 Å². The van der Waals surface area contributed by atoms with Gasteiger partial charge >= 0.3 is 0 Å². The SMILES string of the molecule is Cc1cc(O)cc(C)c1[C@@H](N)[C@@H](O)C(C)C. The molecule has 3 heteroatoms. The lowest BCUT2D eigenvalue weighted by atomic mass is 9.89. The van der Waals surface area contributed by atoms with Gasteiger partial charge in [-0.15, -0.1) is 0 Å². The third kappa shape index (κ3) is 2.54. The minimum Gasteiger partial charge on any atom is -0.508 e. The smallest absolute Gasteiger partial charge is 0.116 e. The molecule has 0 aromatic heterocycles. The van der Waals surface area contributed by atoms with Crippen molar-refractivity contribution in [3.8, 4) is 5.75 Å². The van der Waals surface area contributed by atoms with E-state index in [4.69, 9.17) is 5.73 Å². The van der Waals surface area contributed by atoms with Gasteiger partial charge in [0.1, 0.15) is 5.75 Å². The van der Waals surface area contributed by atoms with Crippen LogP contribution in [0.1, 0.15) is 36.6 Å². The topological polar surface area (TPSA) is 66.5 Å². The number of rotatable bonds is 3. The number of aryl methyl sites for hydroxylation is 2. The Labute approximate surface area is 96.9 Å². The fourth-order valence-corrected chi connectivity index (χ4v) is 2.06. The average molecular weight is 223 g/mol. The van der Waals surface area contributed by atoms with Gasteiger partial charge in [0.05, 0.1) is 12.1 Å². The van der Waals surface area contributed by atoms with Crippen LogP contribution in [-0.4, -0.2) is 16.3 Å². The summed E-state index contributed by atoms with van der Waals surface area (Å²) >= 11 is 0. The van der Waals surface area contributed by atoms with Crippen molar-refractivity contribution < 1.29 is 10.2 Å². The fraction of sp³-hybridized carbons (Fsp3) is 0.538. The molecule has 1 rings (SSSR count). The van der Waals surface area contributed by atoms with E-state index in [9.17, 15) is 10.2 Å². The third-order valence-corrected chi connectivity index (χ3v) is 2.96. The van der Waals surface area contributed by atoms with Crippen molar-refractivity contribution in [1.29, 1.82) is 0 Å². The van der Waals surface area contributed by atoms with Crippen molar-refractivity contribution in [2.75, 3.05) is 0 Å². The number of hydrogen-bond donors (Lipinski definition) is 3. The molecule has 0 spiro atoms. The molecular formula is C13H21NO2. The summed E-state index contributed by atoms with van der Waals surface area (Å²) in [6.45, 7) is 7.68. The first kappa shape index (κ1) is 13.0. The van der Waals surface area contributed by atoms with E-state index < -0.39 is 12.1 Å². The van der Waals surface area contributed by atoms with E-state index in [1.165, 1.54) is 0 Å². The minimum atomic E-state index is -0.568. The molecule has 3 nitrogen and oxygen atoms in total. The zero-order chi connectivity index (χ0) is 12.5. The molecule has 90 valence electrons. The van der Waals surface area contributed by atoms with E-state index in [1.807, 2.05) is 27.7 Å². The number of aliphatic hydroxyl groups excluding tert-OH is 1. The predicted octanol–water partition coefficient (Wildman–Crippen LogP) is 2.03. The maximum atomic E-state index is 9.98. The monoisotopic (exact) mass is 223 g/mol. The Kier molecular flexibility index (Phi) is 3.94. The summed E-state index contributed by atoms with van der Waals surface area (Å²) in [4.78, 5) is 0. The molecule has 2 atom stereocenters. The van der Waals surface area contributed by atoms with Crippen molar-refractivity contribution in [3.05, 3.63) is 28.8 Å². The van der Waals surface area contributed by atoms with Gasteiger partial charge in [-0.3, -0.25) is 0 Å². The van der Waals surface area contributed by atoms with Crippen molar-refractivity contribution in [2.45, 2.75) is 39.8 Å². The Morgan fingerprint density at radius 1 is 1.12 bits per heavy atom. The lowest BCUT2D eigenvalue weighted by Gasteiger charge is -2.25. The lowest BCUT2D eigenvalue weighted by molar-refractivity contribution is 0.0975. The summed E-state index contributed by atoms with van der Waals surface area (Å²) in [5.74, 6) is 0.354. The molecule has 0 heterocycles. The molecule has 0 saturated carbocycles. The van der Waals surface area contributed by atoms with Crippen LogP contribution in [0.2, 0.25) is 0 Å². The second kappa shape index (κ2) is 4.85. The van der Waals surface area contributed by atoms with E-state index in [1.54, 1.807) is 12.1 Å². The van der Waals surface area contributed by atoms with Gasteiger partial charge in [0, 0.05) is 0 Å². The Balaban J connectivity index is 3.13. The third-order valence-electron chi connectivity index (χ3n) is 2.96. The Morgan fingerprint density at radius 3 is 1.94 bits per heavy atom. The molecule has 1 aromatic carbocycles. The van der Waals surface area contributed by atoms with Crippen LogP contribution in [-0.2, 0) is 0 Å². The lowest BCUT2D eigenvalue weighted by Crippen LogP contribution is -2.31. The van der Waals surface area contributed by atoms with Crippen LogP contribution in [0.4, 0.5) is 0 Å². The van der Waals surface area contributed by atoms with Crippen LogP contribution in [0.5, 0.6) is 5.75 Å². The van der Waals surface area contributed by atoms with Crippen LogP contribution >= 0.6 is 0 Å². The summed E-state index contributed by atoms with van der Waals surface area (Å²) in [5, 5.41) is 19.4. The minimum absolute atomic E-state index is 0.114. The summed E-state index contributed by atoms with van der Waals surface area (Å²) < 4.78 is 0. The van der Waals surface area contributed by atoms with Gasteiger partial charge in [-0.25, -0.2) is 0 Å². The molecule has 0 saturated heterocycles. The standard InChI is InChI=1S/C13H21NO2/c1-7(2)13(16)12(14)11-8(3)5-10(15)6-9(11)4/h5-7,12-13,15-16H,14H2,1-4H3/t12-,13+/m1/s1. The highest BCUT2D eigenvalue weighted by Gasteiger charge is 2.23. The first-order chi connectivity index (χ1) is 7.34. The summed E-state index contributed by atoms with van der Waals surface area (Å²) in [5.41, 5.74) is 8.83. The number of aliphatic hydroxyl groups is 1. The highest BCUT2D eigenvalue weighted by molar-refractivity contribution is 5.42. The number of phenolic OH excluding ortho intramolecular Hbond substituents is 1. The molecule has 1 aromatic rings. The van der Waals surface area contributed by atoms with Gasteiger partial charge in [-0.2, -0.15) is 0 Å². The number of nitrogens with two attached hydrogens (primary N) is 1. The zero-order valence-electron chi connectivity index (χ0n) is 10.4. The molecule has 0 amide bonds. The van der Waals surface area contributed by atoms with Crippen molar-refractivity contribution in [3.63, 3.8) is 0 Å². The molecule has 0 aliphatic heterocycles. The molecule has 0 fully saturated rings. The quantitative estimate of drug-likeness (QED) is 0.734. The maximum absolute atomic E-state index is 9.98. The van der Waals surface area contributed by atoms with E-state index in [0.29, 0.717) is 0 Å². The van der Waals surface area contributed by atoms with Gasteiger partial charge < -0.3 is 15.9 Å². The number of phenols is 1. The summed E-state index contributed by atoms with van der Waals surface area (Å²) in [6.07, 6.45) is -0.568. The second-order valence-corrected chi connectivity index (χ2v) is 4.75. The van der Waals surface area contributed by atoms with E-state index >= 15 is 0 Å². The van der Waals surface area contributed by atoms with Crippen LogP contribution in [0.15, 0.2) is 12.1 Å².